The lowest BCUT2D eigenvalue weighted by Crippen LogP contribution is -2.28. The molecule has 0 heterocycles. The Kier molecular flexibility index (Phi) is 4.39. The number of hydrogen-bond donors (Lipinski definition) is 1. The highest BCUT2D eigenvalue weighted by atomic mass is 32.2. The van der Waals surface area contributed by atoms with Crippen LogP contribution >= 0.6 is 0 Å². The van der Waals surface area contributed by atoms with Crippen molar-refractivity contribution in [3.8, 4) is 0 Å². The van der Waals surface area contributed by atoms with Gasteiger partial charge in [0.1, 0.15) is 0 Å². The van der Waals surface area contributed by atoms with Crippen LogP contribution in [0.4, 0.5) is 5.69 Å². The van der Waals surface area contributed by atoms with E-state index in [0.29, 0.717) is 5.69 Å². The molecule has 0 unspecified atom stereocenters. The summed E-state index contributed by atoms with van der Waals surface area (Å²) in [7, 11) is -0.510. The van der Waals surface area contributed by atoms with Gasteiger partial charge < -0.3 is 5.32 Å². The topological polar surface area (TPSA) is 66.5 Å². The van der Waals surface area contributed by atoms with Crippen molar-refractivity contribution in [2.75, 3.05) is 19.4 Å². The smallest absolute Gasteiger partial charge is 0.242 e. The summed E-state index contributed by atoms with van der Waals surface area (Å²) in [5.74, 6) is 0.0574. The molecule has 0 radical (unpaired) electrons. The van der Waals surface area contributed by atoms with Gasteiger partial charge in [0.05, 0.1) is 4.90 Å². The summed E-state index contributed by atoms with van der Waals surface area (Å²) in [6.45, 7) is 3.74. The molecule has 0 aliphatic heterocycles. The molecule has 1 saturated carbocycles. The molecule has 1 aliphatic rings. The molecule has 0 spiro atoms. The highest BCUT2D eigenvalue weighted by molar-refractivity contribution is 7.89. The van der Waals surface area contributed by atoms with Gasteiger partial charge >= 0.3 is 0 Å². The van der Waals surface area contributed by atoms with Crippen molar-refractivity contribution in [1.29, 1.82) is 0 Å². The summed E-state index contributed by atoms with van der Waals surface area (Å²) < 4.78 is 25.7. The molecule has 21 heavy (non-hydrogen) atoms. The Morgan fingerprint density at radius 3 is 2.33 bits per heavy atom. The van der Waals surface area contributed by atoms with Gasteiger partial charge in [0.2, 0.25) is 15.9 Å². The zero-order valence-electron chi connectivity index (χ0n) is 12.9. The molecule has 0 atom stereocenters. The predicted molar refractivity (Wildman–Crippen MR) is 82.8 cm³/mol. The molecule has 1 aliphatic carbocycles. The molecule has 1 aromatic rings. The first-order chi connectivity index (χ1) is 9.73. The first-order valence-electron chi connectivity index (χ1n) is 7.08. The average Bonchev–Trinajstić information content (AvgIpc) is 2.31. The molecule has 0 bridgehead atoms. The van der Waals surface area contributed by atoms with Crippen molar-refractivity contribution in [2.45, 2.75) is 38.0 Å². The van der Waals surface area contributed by atoms with Crippen molar-refractivity contribution in [2.24, 2.45) is 5.92 Å². The van der Waals surface area contributed by atoms with E-state index in [-0.39, 0.29) is 16.7 Å². The molecule has 5 nitrogen and oxygen atoms in total. The lowest BCUT2D eigenvalue weighted by molar-refractivity contribution is -0.122. The molecule has 1 N–H and O–H groups in total. The van der Waals surface area contributed by atoms with Crippen molar-refractivity contribution in [1.82, 2.24) is 4.31 Å². The van der Waals surface area contributed by atoms with Gasteiger partial charge in [-0.25, -0.2) is 12.7 Å². The molecule has 2 rings (SSSR count). The van der Waals surface area contributed by atoms with E-state index in [9.17, 15) is 13.2 Å². The van der Waals surface area contributed by atoms with Crippen LogP contribution in [0, 0.1) is 19.8 Å². The fraction of sp³-hybridized carbons (Fsp3) is 0.533. The number of carbonyl (C=O) groups is 1. The summed E-state index contributed by atoms with van der Waals surface area (Å²) in [6.07, 6.45) is 2.92. The van der Waals surface area contributed by atoms with Gasteiger partial charge in [-0.1, -0.05) is 6.42 Å². The maximum absolute atomic E-state index is 12.2. The molecule has 0 aromatic heterocycles. The predicted octanol–water partition coefficient (Wildman–Crippen LogP) is 2.29. The summed E-state index contributed by atoms with van der Waals surface area (Å²) >= 11 is 0. The third-order valence-electron chi connectivity index (χ3n) is 4.15. The van der Waals surface area contributed by atoms with Crippen LogP contribution in [0.2, 0.25) is 0 Å². The van der Waals surface area contributed by atoms with E-state index in [1.54, 1.807) is 12.1 Å². The quantitative estimate of drug-likeness (QED) is 0.928. The van der Waals surface area contributed by atoms with Crippen molar-refractivity contribution < 1.29 is 13.2 Å². The van der Waals surface area contributed by atoms with Gasteiger partial charge in [-0.05, 0) is 49.9 Å². The van der Waals surface area contributed by atoms with Gasteiger partial charge in [-0.2, -0.15) is 0 Å². The van der Waals surface area contributed by atoms with Crippen molar-refractivity contribution >= 4 is 21.6 Å². The minimum absolute atomic E-state index is 0.0110. The Morgan fingerprint density at radius 1 is 1.24 bits per heavy atom. The first kappa shape index (κ1) is 16.0. The van der Waals surface area contributed by atoms with E-state index < -0.39 is 10.0 Å². The zero-order valence-corrected chi connectivity index (χ0v) is 13.8. The molecule has 6 heteroatoms. The number of amides is 1. The Bertz CT molecular complexity index is 662. The van der Waals surface area contributed by atoms with E-state index in [1.807, 2.05) is 13.8 Å². The molecule has 0 saturated heterocycles. The summed E-state index contributed by atoms with van der Waals surface area (Å²) in [4.78, 5) is 12.3. The minimum atomic E-state index is -3.50. The molecule has 1 aromatic carbocycles. The Labute approximate surface area is 126 Å². The van der Waals surface area contributed by atoms with Crippen LogP contribution in [0.15, 0.2) is 17.0 Å². The fourth-order valence-corrected chi connectivity index (χ4v) is 3.24. The molecule has 1 fully saturated rings. The van der Waals surface area contributed by atoms with Crippen LogP contribution in [0.1, 0.15) is 30.4 Å². The third kappa shape index (κ3) is 3.11. The van der Waals surface area contributed by atoms with E-state index in [4.69, 9.17) is 0 Å². The van der Waals surface area contributed by atoms with Crippen LogP contribution in [0.25, 0.3) is 0 Å². The van der Waals surface area contributed by atoms with Crippen LogP contribution in [-0.2, 0) is 14.8 Å². The Morgan fingerprint density at radius 2 is 1.86 bits per heavy atom. The standard InChI is InChI=1S/C15H22N2O3S/c1-10-8-13(21(19,20)17(3)4)9-14(11(10)2)16-15(18)12-6-5-7-12/h8-9,12H,5-7H2,1-4H3,(H,16,18). The lowest BCUT2D eigenvalue weighted by Gasteiger charge is -2.25. The Hall–Kier alpha value is -1.40. The van der Waals surface area contributed by atoms with Crippen LogP contribution in [0.5, 0.6) is 0 Å². The van der Waals surface area contributed by atoms with E-state index >= 15 is 0 Å². The first-order valence-corrected chi connectivity index (χ1v) is 8.52. The van der Waals surface area contributed by atoms with Gasteiger partial charge in [-0.15, -0.1) is 0 Å². The number of nitrogens with one attached hydrogen (secondary N) is 1. The highest BCUT2D eigenvalue weighted by Crippen LogP contribution is 2.30. The number of benzene rings is 1. The van der Waals surface area contributed by atoms with Crippen molar-refractivity contribution in [3.63, 3.8) is 0 Å². The van der Waals surface area contributed by atoms with Crippen molar-refractivity contribution in [3.05, 3.63) is 23.3 Å². The SMILES string of the molecule is Cc1cc(S(=O)(=O)N(C)C)cc(NC(=O)C2CCC2)c1C. The maximum atomic E-state index is 12.2. The van der Waals surface area contributed by atoms with Crippen LogP contribution < -0.4 is 5.32 Å². The largest absolute Gasteiger partial charge is 0.326 e. The second kappa shape index (κ2) is 5.77. The number of sulfonamides is 1. The van der Waals surface area contributed by atoms with E-state index in [1.165, 1.54) is 18.4 Å². The summed E-state index contributed by atoms with van der Waals surface area (Å²) in [5, 5.41) is 2.88. The molecule has 116 valence electrons. The number of rotatable bonds is 4. The lowest BCUT2D eigenvalue weighted by atomic mass is 9.84. The molecular formula is C15H22N2O3S. The fourth-order valence-electron chi connectivity index (χ4n) is 2.22. The highest BCUT2D eigenvalue weighted by Gasteiger charge is 2.26. The normalized spacial score (nSPS) is 15.9. The number of anilines is 1. The van der Waals surface area contributed by atoms with Gasteiger partial charge in [0, 0.05) is 25.7 Å². The van der Waals surface area contributed by atoms with Crippen LogP contribution in [0.3, 0.4) is 0 Å². The third-order valence-corrected chi connectivity index (χ3v) is 5.95. The van der Waals surface area contributed by atoms with Gasteiger partial charge in [0.25, 0.3) is 0 Å². The van der Waals surface area contributed by atoms with E-state index in [0.717, 1.165) is 30.4 Å². The minimum Gasteiger partial charge on any atom is -0.326 e. The monoisotopic (exact) mass is 310 g/mol. The summed E-state index contributed by atoms with van der Waals surface area (Å²) in [5.41, 5.74) is 2.34. The van der Waals surface area contributed by atoms with Gasteiger partial charge in [0.15, 0.2) is 0 Å². The van der Waals surface area contributed by atoms with Gasteiger partial charge in [-0.3, -0.25) is 4.79 Å². The Balaban J connectivity index is 2.37. The van der Waals surface area contributed by atoms with Crippen LogP contribution in [-0.4, -0.2) is 32.7 Å². The number of aryl methyl sites for hydroxylation is 1. The second-order valence-corrected chi connectivity index (χ2v) is 7.97. The summed E-state index contributed by atoms with van der Waals surface area (Å²) in [6, 6.07) is 3.19. The molecular weight excluding hydrogens is 288 g/mol. The second-order valence-electron chi connectivity index (χ2n) is 5.82. The number of nitrogens with zero attached hydrogens (tertiary/aromatic N) is 1. The number of hydrogen-bond acceptors (Lipinski definition) is 3. The number of carbonyl (C=O) groups excluding carboxylic acids is 1. The molecule has 1 amide bonds. The average molecular weight is 310 g/mol. The zero-order chi connectivity index (χ0) is 15.8. The maximum Gasteiger partial charge on any atom is 0.242 e. The van der Waals surface area contributed by atoms with E-state index in [2.05, 4.69) is 5.32 Å².